The number of hydrogen-bond acceptors (Lipinski definition) is 2. The Kier molecular flexibility index (Phi) is 2.89. The van der Waals surface area contributed by atoms with E-state index in [1.54, 1.807) is 0 Å². The van der Waals surface area contributed by atoms with Gasteiger partial charge in [-0.05, 0) is 18.6 Å². The molecular weight excluding hydrogens is 148 g/mol. The Labute approximate surface area is 66.1 Å². The fourth-order valence-electron chi connectivity index (χ4n) is 0.966. The van der Waals surface area contributed by atoms with Crippen molar-refractivity contribution < 1.29 is 4.74 Å². The van der Waals surface area contributed by atoms with Gasteiger partial charge in [-0.1, -0.05) is 0 Å². The molecule has 1 aliphatic heterocycles. The Morgan fingerprint density at radius 2 is 2.20 bits per heavy atom. The molecule has 0 aliphatic carbocycles. The lowest BCUT2D eigenvalue weighted by Gasteiger charge is -2.18. The van der Waals surface area contributed by atoms with Crippen LogP contribution in [0.15, 0.2) is 0 Å². The van der Waals surface area contributed by atoms with Crippen LogP contribution in [-0.2, 0) is 4.74 Å². The van der Waals surface area contributed by atoms with Crippen LogP contribution in [0.4, 0.5) is 0 Å². The van der Waals surface area contributed by atoms with Crippen LogP contribution in [0.25, 0.3) is 0 Å². The molecule has 4 heteroatoms. The topological polar surface area (TPSA) is 38.5 Å². The summed E-state index contributed by atoms with van der Waals surface area (Å²) in [6.45, 7) is 3.36. The van der Waals surface area contributed by atoms with E-state index in [9.17, 15) is 0 Å². The molecule has 1 fully saturated rings. The number of thiocarbonyl (C=S) groups is 1. The summed E-state index contributed by atoms with van der Waals surface area (Å²) in [5.74, 6) is 0. The van der Waals surface area contributed by atoms with Crippen LogP contribution in [0, 0.1) is 0 Å². The highest BCUT2D eigenvalue weighted by molar-refractivity contribution is 7.80. The fourth-order valence-corrected chi connectivity index (χ4v) is 1.15. The molecule has 1 aliphatic rings. The summed E-state index contributed by atoms with van der Waals surface area (Å²) in [5, 5.41) is 0.491. The van der Waals surface area contributed by atoms with Gasteiger partial charge < -0.3 is 15.4 Å². The number of nitrogens with two attached hydrogens (primary N) is 1. The molecule has 0 atom stereocenters. The summed E-state index contributed by atoms with van der Waals surface area (Å²) >= 11 is 4.82. The van der Waals surface area contributed by atoms with Crippen molar-refractivity contribution >= 4 is 17.3 Å². The van der Waals surface area contributed by atoms with Crippen molar-refractivity contribution in [3.63, 3.8) is 0 Å². The van der Waals surface area contributed by atoms with Gasteiger partial charge in [0.1, 0.15) is 0 Å². The molecule has 10 heavy (non-hydrogen) atoms. The van der Waals surface area contributed by atoms with Crippen molar-refractivity contribution in [2.24, 2.45) is 5.73 Å². The second kappa shape index (κ2) is 3.73. The van der Waals surface area contributed by atoms with E-state index in [0.29, 0.717) is 5.11 Å². The van der Waals surface area contributed by atoms with Gasteiger partial charge in [0.2, 0.25) is 0 Å². The van der Waals surface area contributed by atoms with Crippen molar-refractivity contribution in [2.45, 2.75) is 6.42 Å². The summed E-state index contributed by atoms with van der Waals surface area (Å²) in [6, 6.07) is 0. The first-order valence-corrected chi connectivity index (χ1v) is 3.83. The van der Waals surface area contributed by atoms with Gasteiger partial charge >= 0.3 is 0 Å². The Bertz CT molecular complexity index is 121. The summed E-state index contributed by atoms with van der Waals surface area (Å²) < 4.78 is 5.22. The molecule has 0 aromatic heterocycles. The van der Waals surface area contributed by atoms with Gasteiger partial charge in [0, 0.05) is 19.7 Å². The van der Waals surface area contributed by atoms with Crippen LogP contribution in [0.3, 0.4) is 0 Å². The molecule has 0 amide bonds. The van der Waals surface area contributed by atoms with Crippen LogP contribution in [-0.4, -0.2) is 36.3 Å². The Morgan fingerprint density at radius 3 is 2.90 bits per heavy atom. The molecule has 0 bridgehead atoms. The highest BCUT2D eigenvalue weighted by Crippen LogP contribution is 1.97. The van der Waals surface area contributed by atoms with Crippen LogP contribution in [0.1, 0.15) is 6.42 Å². The third kappa shape index (κ3) is 2.11. The number of nitrogens with zero attached hydrogens (tertiary/aromatic N) is 1. The minimum absolute atomic E-state index is 0.491. The lowest BCUT2D eigenvalue weighted by Crippen LogP contribution is -2.37. The van der Waals surface area contributed by atoms with Crippen molar-refractivity contribution in [1.82, 2.24) is 4.90 Å². The maximum atomic E-state index is 5.44. The van der Waals surface area contributed by atoms with Gasteiger partial charge in [0.15, 0.2) is 5.11 Å². The van der Waals surface area contributed by atoms with E-state index in [1.165, 1.54) is 0 Å². The summed E-state index contributed by atoms with van der Waals surface area (Å²) in [6.07, 6.45) is 1.03. The minimum atomic E-state index is 0.491. The van der Waals surface area contributed by atoms with E-state index in [4.69, 9.17) is 22.7 Å². The molecular formula is C6H12N2OS. The predicted molar refractivity (Wildman–Crippen MR) is 43.8 cm³/mol. The average molecular weight is 160 g/mol. The third-order valence-electron chi connectivity index (χ3n) is 1.53. The Balaban J connectivity index is 2.35. The quantitative estimate of drug-likeness (QED) is 0.504. The molecule has 0 aromatic rings. The average Bonchev–Trinajstić information content (AvgIpc) is 2.12. The maximum absolute atomic E-state index is 5.44. The van der Waals surface area contributed by atoms with Gasteiger partial charge in [0.05, 0.1) is 6.61 Å². The van der Waals surface area contributed by atoms with Crippen molar-refractivity contribution in [1.29, 1.82) is 0 Å². The van der Waals surface area contributed by atoms with Crippen molar-refractivity contribution in [2.75, 3.05) is 26.3 Å². The largest absolute Gasteiger partial charge is 0.380 e. The maximum Gasteiger partial charge on any atom is 0.166 e. The molecule has 3 nitrogen and oxygen atoms in total. The van der Waals surface area contributed by atoms with Crippen molar-refractivity contribution in [3.8, 4) is 0 Å². The molecule has 1 saturated heterocycles. The molecule has 1 rings (SSSR count). The fraction of sp³-hybridized carbons (Fsp3) is 0.833. The summed E-state index contributed by atoms with van der Waals surface area (Å²) in [4.78, 5) is 1.97. The molecule has 0 unspecified atom stereocenters. The van der Waals surface area contributed by atoms with Crippen LogP contribution in [0.5, 0.6) is 0 Å². The highest BCUT2D eigenvalue weighted by Gasteiger charge is 2.08. The SMILES string of the molecule is NC(=S)N1CCCOCC1. The first-order valence-electron chi connectivity index (χ1n) is 3.43. The monoisotopic (exact) mass is 160 g/mol. The smallest absolute Gasteiger partial charge is 0.166 e. The standard InChI is InChI=1S/C6H12N2OS/c7-6(10)8-2-1-4-9-5-3-8/h1-5H2,(H2,7,10). The van der Waals surface area contributed by atoms with E-state index in [2.05, 4.69) is 0 Å². The van der Waals surface area contributed by atoms with Gasteiger partial charge in [-0.25, -0.2) is 0 Å². The zero-order valence-corrected chi connectivity index (χ0v) is 6.69. The van der Waals surface area contributed by atoms with Crippen LogP contribution < -0.4 is 5.73 Å². The van der Waals surface area contributed by atoms with Crippen LogP contribution in [0.2, 0.25) is 0 Å². The molecule has 0 spiro atoms. The number of hydrogen-bond donors (Lipinski definition) is 1. The number of rotatable bonds is 0. The molecule has 0 saturated carbocycles. The minimum Gasteiger partial charge on any atom is -0.380 e. The zero-order chi connectivity index (χ0) is 7.40. The normalized spacial score (nSPS) is 20.2. The van der Waals surface area contributed by atoms with Crippen LogP contribution >= 0.6 is 12.2 Å². The zero-order valence-electron chi connectivity index (χ0n) is 5.88. The lowest BCUT2D eigenvalue weighted by atomic mass is 10.4. The first-order chi connectivity index (χ1) is 4.80. The van der Waals surface area contributed by atoms with Gasteiger partial charge in [0.25, 0.3) is 0 Å². The molecule has 2 N–H and O–H groups in total. The van der Waals surface area contributed by atoms with E-state index in [1.807, 2.05) is 4.90 Å². The van der Waals surface area contributed by atoms with E-state index in [-0.39, 0.29) is 0 Å². The van der Waals surface area contributed by atoms with Gasteiger partial charge in [-0.15, -0.1) is 0 Å². The first kappa shape index (κ1) is 7.75. The van der Waals surface area contributed by atoms with Gasteiger partial charge in [-0.2, -0.15) is 0 Å². The Hall–Kier alpha value is -0.350. The second-order valence-corrected chi connectivity index (χ2v) is 2.71. The second-order valence-electron chi connectivity index (χ2n) is 2.29. The predicted octanol–water partition coefficient (Wildman–Crippen LogP) is -0.0477. The third-order valence-corrected chi connectivity index (χ3v) is 1.79. The molecule has 0 radical (unpaired) electrons. The van der Waals surface area contributed by atoms with E-state index < -0.39 is 0 Å². The Morgan fingerprint density at radius 1 is 1.40 bits per heavy atom. The molecule has 58 valence electrons. The summed E-state index contributed by atoms with van der Waals surface area (Å²) in [5.41, 5.74) is 5.44. The van der Waals surface area contributed by atoms with Gasteiger partial charge in [-0.3, -0.25) is 0 Å². The van der Waals surface area contributed by atoms with Crippen molar-refractivity contribution in [3.05, 3.63) is 0 Å². The van der Waals surface area contributed by atoms with E-state index in [0.717, 1.165) is 32.7 Å². The number of ether oxygens (including phenoxy) is 1. The van der Waals surface area contributed by atoms with E-state index >= 15 is 0 Å². The lowest BCUT2D eigenvalue weighted by molar-refractivity contribution is 0.147. The summed E-state index contributed by atoms with van der Waals surface area (Å²) in [7, 11) is 0. The molecule has 0 aromatic carbocycles. The molecule has 1 heterocycles. The highest BCUT2D eigenvalue weighted by atomic mass is 32.1.